The second-order valence-corrected chi connectivity index (χ2v) is 2.91. The minimum absolute atomic E-state index is 0.0139. The monoisotopic (exact) mass is 248 g/mol. The normalized spacial score (nSPS) is 10.8. The van der Waals surface area contributed by atoms with Gasteiger partial charge in [0.15, 0.2) is 0 Å². The fourth-order valence-electron chi connectivity index (χ4n) is 0.969. The van der Waals surface area contributed by atoms with Crippen molar-refractivity contribution in [2.24, 2.45) is 0 Å². The van der Waals surface area contributed by atoms with Crippen LogP contribution in [-0.4, -0.2) is 25.2 Å². The second-order valence-electron chi connectivity index (χ2n) is 2.91. The molecule has 0 N–H and O–H groups in total. The smallest absolute Gasteiger partial charge is 0.465 e. The minimum atomic E-state index is -5.08. The zero-order valence-corrected chi connectivity index (χ0v) is 8.58. The van der Waals surface area contributed by atoms with E-state index in [9.17, 15) is 22.8 Å². The van der Waals surface area contributed by atoms with Crippen molar-refractivity contribution in [1.29, 1.82) is 0 Å². The molecule has 0 atom stereocenters. The van der Waals surface area contributed by atoms with Gasteiger partial charge in [-0.2, -0.15) is 13.2 Å². The van der Waals surface area contributed by atoms with Gasteiger partial charge in [-0.25, -0.2) is 9.59 Å². The quantitative estimate of drug-likeness (QED) is 0.592. The Hall–Kier alpha value is -2.05. The first-order valence-electron chi connectivity index (χ1n) is 4.32. The van der Waals surface area contributed by atoms with E-state index in [1.54, 1.807) is 0 Å². The van der Waals surface area contributed by atoms with Crippen LogP contribution in [0.2, 0.25) is 0 Å². The SMILES string of the molecule is COC(=O)c1cccc(OC(=O)C(F)(F)F)c1. The number of hydrogen-bond donors (Lipinski definition) is 0. The van der Waals surface area contributed by atoms with Gasteiger partial charge in [0.2, 0.25) is 0 Å². The lowest BCUT2D eigenvalue weighted by Crippen LogP contribution is -2.28. The third kappa shape index (κ3) is 3.47. The zero-order valence-electron chi connectivity index (χ0n) is 8.58. The van der Waals surface area contributed by atoms with Gasteiger partial charge >= 0.3 is 18.1 Å². The van der Waals surface area contributed by atoms with Crippen molar-refractivity contribution in [2.75, 3.05) is 7.11 Å². The van der Waals surface area contributed by atoms with E-state index in [0.717, 1.165) is 19.2 Å². The zero-order chi connectivity index (χ0) is 13.1. The van der Waals surface area contributed by atoms with E-state index in [2.05, 4.69) is 9.47 Å². The summed E-state index contributed by atoms with van der Waals surface area (Å²) in [6.45, 7) is 0. The Balaban J connectivity index is 2.87. The summed E-state index contributed by atoms with van der Waals surface area (Å²) in [5, 5.41) is 0. The second kappa shape index (κ2) is 4.86. The molecule has 0 spiro atoms. The number of carbonyl (C=O) groups excluding carboxylic acids is 2. The average Bonchev–Trinajstić information content (AvgIpc) is 2.27. The van der Waals surface area contributed by atoms with E-state index in [4.69, 9.17) is 0 Å². The summed E-state index contributed by atoms with van der Waals surface area (Å²) < 4.78 is 44.1. The van der Waals surface area contributed by atoms with Crippen molar-refractivity contribution in [2.45, 2.75) is 6.18 Å². The van der Waals surface area contributed by atoms with Crippen molar-refractivity contribution in [3.05, 3.63) is 29.8 Å². The Morgan fingerprint density at radius 3 is 2.41 bits per heavy atom. The highest BCUT2D eigenvalue weighted by Gasteiger charge is 2.41. The van der Waals surface area contributed by atoms with Gasteiger partial charge in [-0.3, -0.25) is 0 Å². The lowest BCUT2D eigenvalue weighted by Gasteiger charge is -2.07. The molecule has 0 heterocycles. The molecule has 1 aromatic carbocycles. The Bertz CT molecular complexity index is 439. The van der Waals surface area contributed by atoms with Crippen molar-refractivity contribution < 1.29 is 32.2 Å². The number of hydrogen-bond acceptors (Lipinski definition) is 4. The molecule has 0 aliphatic heterocycles. The highest BCUT2D eigenvalue weighted by molar-refractivity contribution is 5.90. The van der Waals surface area contributed by atoms with Crippen molar-refractivity contribution >= 4 is 11.9 Å². The summed E-state index contributed by atoms with van der Waals surface area (Å²) in [5.74, 6) is -3.47. The molecular weight excluding hydrogens is 241 g/mol. The van der Waals surface area contributed by atoms with Gasteiger partial charge in [0.25, 0.3) is 0 Å². The molecule has 0 radical (unpaired) electrons. The largest absolute Gasteiger partial charge is 0.491 e. The third-order valence-electron chi connectivity index (χ3n) is 1.70. The van der Waals surface area contributed by atoms with Crippen LogP contribution in [0.25, 0.3) is 0 Å². The van der Waals surface area contributed by atoms with Gasteiger partial charge in [-0.1, -0.05) is 6.07 Å². The van der Waals surface area contributed by atoms with E-state index >= 15 is 0 Å². The number of alkyl halides is 3. The van der Waals surface area contributed by atoms with Crippen LogP contribution >= 0.6 is 0 Å². The summed E-state index contributed by atoms with van der Waals surface area (Å²) in [5.41, 5.74) is -0.0139. The molecular formula is C10H7F3O4. The lowest BCUT2D eigenvalue weighted by atomic mass is 10.2. The Labute approximate surface area is 93.9 Å². The predicted octanol–water partition coefficient (Wildman–Crippen LogP) is 1.94. The van der Waals surface area contributed by atoms with Gasteiger partial charge in [0.05, 0.1) is 12.7 Å². The maximum absolute atomic E-state index is 11.9. The Kier molecular flexibility index (Phi) is 3.72. The Morgan fingerprint density at radius 1 is 1.24 bits per heavy atom. The highest BCUT2D eigenvalue weighted by Crippen LogP contribution is 2.20. The van der Waals surface area contributed by atoms with Crippen molar-refractivity contribution in [3.8, 4) is 5.75 Å². The maximum atomic E-state index is 11.9. The Morgan fingerprint density at radius 2 is 1.88 bits per heavy atom. The number of rotatable bonds is 2. The highest BCUT2D eigenvalue weighted by atomic mass is 19.4. The first-order valence-corrected chi connectivity index (χ1v) is 4.32. The molecule has 0 saturated heterocycles. The standard InChI is InChI=1S/C10H7F3O4/c1-16-8(14)6-3-2-4-7(5-6)17-9(15)10(11,12)13/h2-5H,1H3. The first-order chi connectivity index (χ1) is 7.84. The molecule has 1 aromatic rings. The van der Waals surface area contributed by atoms with E-state index < -0.39 is 18.1 Å². The van der Waals surface area contributed by atoms with Crippen LogP contribution in [0.5, 0.6) is 5.75 Å². The van der Waals surface area contributed by atoms with Gasteiger partial charge < -0.3 is 9.47 Å². The summed E-state index contributed by atoms with van der Waals surface area (Å²) in [4.78, 5) is 21.6. The molecule has 0 aliphatic carbocycles. The fourth-order valence-corrected chi connectivity index (χ4v) is 0.969. The number of halogens is 3. The average molecular weight is 248 g/mol. The van der Waals surface area contributed by atoms with Crippen molar-refractivity contribution in [3.63, 3.8) is 0 Å². The molecule has 0 fully saturated rings. The summed E-state index contributed by atoms with van der Waals surface area (Å²) in [6.07, 6.45) is -5.08. The molecule has 17 heavy (non-hydrogen) atoms. The molecule has 1 rings (SSSR count). The number of methoxy groups -OCH3 is 1. The van der Waals surface area contributed by atoms with Crippen LogP contribution in [0.3, 0.4) is 0 Å². The van der Waals surface area contributed by atoms with E-state index in [0.29, 0.717) is 0 Å². The lowest BCUT2D eigenvalue weighted by molar-refractivity contribution is -0.189. The first kappa shape index (κ1) is 13.0. The maximum Gasteiger partial charge on any atom is 0.491 e. The third-order valence-corrected chi connectivity index (χ3v) is 1.70. The van der Waals surface area contributed by atoms with E-state index in [-0.39, 0.29) is 11.3 Å². The summed E-state index contributed by atoms with van der Waals surface area (Å²) >= 11 is 0. The molecule has 0 unspecified atom stereocenters. The molecule has 0 amide bonds. The number of ether oxygens (including phenoxy) is 2. The van der Waals surface area contributed by atoms with E-state index in [1.165, 1.54) is 12.1 Å². The van der Waals surface area contributed by atoms with Crippen LogP contribution in [0, 0.1) is 0 Å². The van der Waals surface area contributed by atoms with Gasteiger partial charge in [-0.05, 0) is 18.2 Å². The number of carbonyl (C=O) groups is 2. The predicted molar refractivity (Wildman–Crippen MR) is 49.5 cm³/mol. The van der Waals surface area contributed by atoms with E-state index in [1.807, 2.05) is 0 Å². The molecule has 0 aromatic heterocycles. The molecule has 0 bridgehead atoms. The van der Waals surface area contributed by atoms with Crippen LogP contribution in [0.15, 0.2) is 24.3 Å². The summed E-state index contributed by atoms with van der Waals surface area (Å²) in [6, 6.07) is 4.69. The van der Waals surface area contributed by atoms with Gasteiger partial charge in [-0.15, -0.1) is 0 Å². The molecule has 4 nitrogen and oxygen atoms in total. The van der Waals surface area contributed by atoms with Gasteiger partial charge in [0.1, 0.15) is 5.75 Å². The summed E-state index contributed by atoms with van der Waals surface area (Å²) in [7, 11) is 1.12. The molecule has 92 valence electrons. The van der Waals surface area contributed by atoms with Crippen LogP contribution in [-0.2, 0) is 9.53 Å². The number of esters is 2. The van der Waals surface area contributed by atoms with Crippen molar-refractivity contribution in [1.82, 2.24) is 0 Å². The molecule has 0 aliphatic rings. The van der Waals surface area contributed by atoms with Crippen LogP contribution in [0.4, 0.5) is 13.2 Å². The fraction of sp³-hybridized carbons (Fsp3) is 0.200. The number of benzene rings is 1. The van der Waals surface area contributed by atoms with Crippen LogP contribution < -0.4 is 4.74 Å². The molecule has 7 heteroatoms. The minimum Gasteiger partial charge on any atom is -0.465 e. The van der Waals surface area contributed by atoms with Crippen LogP contribution in [0.1, 0.15) is 10.4 Å². The molecule has 0 saturated carbocycles. The van der Waals surface area contributed by atoms with Gasteiger partial charge in [0, 0.05) is 0 Å². The topological polar surface area (TPSA) is 52.6 Å².